The Morgan fingerprint density at radius 1 is 1.28 bits per heavy atom. The smallest absolute Gasteiger partial charge is 0.204 e. The lowest BCUT2D eigenvalue weighted by atomic mass is 10.1. The highest BCUT2D eigenvalue weighted by molar-refractivity contribution is 7.23. The number of hydrogen-bond acceptors (Lipinski definition) is 7. The summed E-state index contributed by atoms with van der Waals surface area (Å²) in [5.41, 5.74) is 9.57. The van der Waals surface area contributed by atoms with Crippen molar-refractivity contribution in [3.63, 3.8) is 0 Å². The zero-order valence-corrected chi connectivity index (χ0v) is 14.2. The van der Waals surface area contributed by atoms with Crippen molar-refractivity contribution in [3.05, 3.63) is 18.3 Å². The fourth-order valence-corrected chi connectivity index (χ4v) is 4.36. The summed E-state index contributed by atoms with van der Waals surface area (Å²) in [4.78, 5) is 15.8. The molecule has 0 aromatic carbocycles. The maximum atomic E-state index is 9.70. The van der Waals surface area contributed by atoms with Gasteiger partial charge in [0.05, 0.1) is 32.4 Å². The number of anilines is 2. The SMILES string of the molecule is Nc1nc2cc(-c3ccn[nH]3)sc2c2[nH]c(N3CCC(O)CC3)nc12. The number of nitrogens with two attached hydrogens (primary N) is 1. The fraction of sp³-hybridized carbons (Fsp3) is 0.312. The second-order valence-electron chi connectivity index (χ2n) is 6.29. The van der Waals surface area contributed by atoms with Crippen molar-refractivity contribution < 1.29 is 5.11 Å². The van der Waals surface area contributed by atoms with E-state index in [0.717, 1.165) is 58.2 Å². The second kappa shape index (κ2) is 5.43. The zero-order valence-electron chi connectivity index (χ0n) is 13.4. The molecule has 1 aliphatic rings. The molecule has 1 saturated heterocycles. The van der Waals surface area contributed by atoms with Gasteiger partial charge in [0.15, 0.2) is 5.82 Å². The monoisotopic (exact) mass is 355 g/mol. The number of aromatic amines is 2. The van der Waals surface area contributed by atoms with Crippen molar-refractivity contribution in [2.45, 2.75) is 18.9 Å². The molecule has 4 aromatic heterocycles. The lowest BCUT2D eigenvalue weighted by Crippen LogP contribution is -2.36. The summed E-state index contributed by atoms with van der Waals surface area (Å²) >= 11 is 1.63. The number of nitrogens with one attached hydrogen (secondary N) is 2. The van der Waals surface area contributed by atoms with Crippen molar-refractivity contribution >= 4 is 44.4 Å². The van der Waals surface area contributed by atoms with Gasteiger partial charge in [-0.3, -0.25) is 5.10 Å². The summed E-state index contributed by atoms with van der Waals surface area (Å²) in [6.45, 7) is 1.56. The highest BCUT2D eigenvalue weighted by Gasteiger charge is 2.22. The third-order valence-electron chi connectivity index (χ3n) is 4.64. The number of piperidine rings is 1. The molecule has 5 N–H and O–H groups in total. The Balaban J connectivity index is 1.64. The molecule has 0 aliphatic carbocycles. The lowest BCUT2D eigenvalue weighted by Gasteiger charge is -2.29. The number of fused-ring (bicyclic) bond motifs is 3. The highest BCUT2D eigenvalue weighted by Crippen LogP contribution is 2.37. The van der Waals surface area contributed by atoms with Gasteiger partial charge in [-0.1, -0.05) is 0 Å². The van der Waals surface area contributed by atoms with E-state index >= 15 is 0 Å². The van der Waals surface area contributed by atoms with E-state index in [9.17, 15) is 5.11 Å². The Morgan fingerprint density at radius 3 is 2.88 bits per heavy atom. The first kappa shape index (κ1) is 14.7. The van der Waals surface area contributed by atoms with Gasteiger partial charge in [0, 0.05) is 19.3 Å². The van der Waals surface area contributed by atoms with Crippen LogP contribution in [0.15, 0.2) is 18.3 Å². The quantitative estimate of drug-likeness (QED) is 0.437. The normalized spacial score (nSPS) is 16.3. The minimum absolute atomic E-state index is 0.215. The third-order valence-corrected chi connectivity index (χ3v) is 5.82. The van der Waals surface area contributed by atoms with Crippen molar-refractivity contribution in [2.24, 2.45) is 0 Å². The van der Waals surface area contributed by atoms with E-state index in [4.69, 9.17) is 5.73 Å². The summed E-state index contributed by atoms with van der Waals surface area (Å²) in [7, 11) is 0. The van der Waals surface area contributed by atoms with Crippen molar-refractivity contribution in [1.82, 2.24) is 25.1 Å². The van der Waals surface area contributed by atoms with Crippen molar-refractivity contribution in [3.8, 4) is 10.6 Å². The number of aliphatic hydroxyl groups is 1. The van der Waals surface area contributed by atoms with Crippen LogP contribution in [0.25, 0.3) is 31.8 Å². The molecular weight excluding hydrogens is 338 g/mol. The molecule has 0 amide bonds. The van der Waals surface area contributed by atoms with Crippen LogP contribution in [0.4, 0.5) is 11.8 Å². The number of thiophene rings is 1. The summed E-state index contributed by atoms with van der Waals surface area (Å²) in [6, 6.07) is 3.95. The van der Waals surface area contributed by atoms with Crippen LogP contribution < -0.4 is 10.6 Å². The minimum atomic E-state index is -0.215. The van der Waals surface area contributed by atoms with Crippen LogP contribution in [0.5, 0.6) is 0 Å². The van der Waals surface area contributed by atoms with Gasteiger partial charge < -0.3 is 20.7 Å². The molecule has 5 rings (SSSR count). The Kier molecular flexibility index (Phi) is 3.19. The first-order valence-electron chi connectivity index (χ1n) is 8.20. The van der Waals surface area contributed by atoms with E-state index in [1.54, 1.807) is 17.5 Å². The van der Waals surface area contributed by atoms with Crippen LogP contribution in [-0.4, -0.2) is 49.4 Å². The molecule has 128 valence electrons. The van der Waals surface area contributed by atoms with Gasteiger partial charge in [-0.2, -0.15) is 5.10 Å². The topological polar surface area (TPSA) is 120 Å². The molecule has 0 radical (unpaired) electrons. The first-order valence-corrected chi connectivity index (χ1v) is 9.02. The molecule has 9 heteroatoms. The number of aromatic nitrogens is 5. The van der Waals surface area contributed by atoms with Gasteiger partial charge >= 0.3 is 0 Å². The van der Waals surface area contributed by atoms with Crippen LogP contribution >= 0.6 is 11.3 Å². The highest BCUT2D eigenvalue weighted by atomic mass is 32.1. The largest absolute Gasteiger partial charge is 0.393 e. The summed E-state index contributed by atoms with van der Waals surface area (Å²) in [6.07, 6.45) is 3.02. The van der Waals surface area contributed by atoms with Gasteiger partial charge in [-0.15, -0.1) is 11.3 Å². The molecule has 1 fully saturated rings. The van der Waals surface area contributed by atoms with Gasteiger partial charge in [0.2, 0.25) is 5.95 Å². The van der Waals surface area contributed by atoms with E-state index in [0.29, 0.717) is 11.3 Å². The number of H-pyrrole nitrogens is 2. The van der Waals surface area contributed by atoms with Gasteiger partial charge in [0.25, 0.3) is 0 Å². The van der Waals surface area contributed by atoms with E-state index in [1.807, 2.05) is 12.1 Å². The number of hydrogen-bond donors (Lipinski definition) is 4. The number of imidazole rings is 1. The minimum Gasteiger partial charge on any atom is -0.393 e. The Hall–Kier alpha value is -2.65. The maximum absolute atomic E-state index is 9.70. The molecule has 8 nitrogen and oxygen atoms in total. The Morgan fingerprint density at radius 2 is 2.12 bits per heavy atom. The second-order valence-corrected chi connectivity index (χ2v) is 7.35. The van der Waals surface area contributed by atoms with Gasteiger partial charge in [-0.05, 0) is 25.0 Å². The zero-order chi connectivity index (χ0) is 17.0. The number of rotatable bonds is 2. The van der Waals surface area contributed by atoms with E-state index in [1.165, 1.54) is 0 Å². The van der Waals surface area contributed by atoms with Crippen LogP contribution in [0.3, 0.4) is 0 Å². The van der Waals surface area contributed by atoms with Crippen LogP contribution in [0.2, 0.25) is 0 Å². The molecule has 1 aliphatic heterocycles. The maximum Gasteiger partial charge on any atom is 0.204 e. The Labute approximate surface area is 146 Å². The number of pyridine rings is 1. The third kappa shape index (κ3) is 2.35. The fourth-order valence-electron chi connectivity index (χ4n) is 3.29. The molecule has 0 spiro atoms. The molecule has 0 atom stereocenters. The molecule has 0 bridgehead atoms. The van der Waals surface area contributed by atoms with Crippen LogP contribution in [-0.2, 0) is 0 Å². The molecule has 4 aromatic rings. The number of nitrogen functional groups attached to an aromatic ring is 1. The molecule has 0 saturated carbocycles. The van der Waals surface area contributed by atoms with Crippen LogP contribution in [0.1, 0.15) is 12.8 Å². The first-order chi connectivity index (χ1) is 12.2. The average Bonchev–Trinajstić information content (AvgIpc) is 3.34. The van der Waals surface area contributed by atoms with Crippen molar-refractivity contribution in [1.29, 1.82) is 0 Å². The van der Waals surface area contributed by atoms with E-state index in [-0.39, 0.29) is 6.10 Å². The average molecular weight is 355 g/mol. The predicted octanol–water partition coefficient (Wildman–Crippen LogP) is 2.11. The molecule has 0 unspecified atom stereocenters. The summed E-state index contributed by atoms with van der Waals surface area (Å²) in [5.74, 6) is 1.22. The van der Waals surface area contributed by atoms with Gasteiger partial charge in [0.1, 0.15) is 5.52 Å². The summed E-state index contributed by atoms with van der Waals surface area (Å²) < 4.78 is 1.03. The molecule has 5 heterocycles. The predicted molar refractivity (Wildman–Crippen MR) is 98.7 cm³/mol. The molecule has 25 heavy (non-hydrogen) atoms. The van der Waals surface area contributed by atoms with E-state index < -0.39 is 0 Å². The Bertz CT molecular complexity index is 1040. The van der Waals surface area contributed by atoms with Crippen molar-refractivity contribution in [2.75, 3.05) is 23.7 Å². The van der Waals surface area contributed by atoms with Gasteiger partial charge in [-0.25, -0.2) is 9.97 Å². The standard InChI is InChI=1S/C16H17N7OS/c17-15-13-12(20-16(21-13)23-5-2-8(24)3-6-23)14-10(19-15)7-11(25-14)9-1-4-18-22-9/h1,4,7-8,24H,2-3,5-6H2,(H2,17,19)(H,18,22)(H,20,21). The number of aliphatic hydroxyl groups excluding tert-OH is 1. The number of nitrogens with zero attached hydrogens (tertiary/aromatic N) is 4. The molecular formula is C16H17N7OS. The lowest BCUT2D eigenvalue weighted by molar-refractivity contribution is 0.145. The van der Waals surface area contributed by atoms with Crippen LogP contribution in [0, 0.1) is 0 Å². The van der Waals surface area contributed by atoms with E-state index in [2.05, 4.69) is 30.0 Å². The summed E-state index contributed by atoms with van der Waals surface area (Å²) in [5, 5.41) is 16.7.